The molecule has 0 aliphatic carbocycles. The van der Waals surface area contributed by atoms with Gasteiger partial charge in [0.1, 0.15) is 5.69 Å². The van der Waals surface area contributed by atoms with Crippen molar-refractivity contribution >= 4 is 17.2 Å². The molecule has 0 radical (unpaired) electrons. The number of ether oxygens (including phenoxy) is 1. The Kier molecular flexibility index (Phi) is 5.15. The summed E-state index contributed by atoms with van der Waals surface area (Å²) in [6.45, 7) is 4.89. The number of nitrogens with zero attached hydrogens (tertiary/aromatic N) is 2. The molecule has 2 aromatic rings. The number of amides is 1. The van der Waals surface area contributed by atoms with Crippen LogP contribution in [0.2, 0.25) is 0 Å². The van der Waals surface area contributed by atoms with Crippen molar-refractivity contribution in [3.05, 3.63) is 41.4 Å². The van der Waals surface area contributed by atoms with Crippen LogP contribution in [0.4, 0.5) is 0 Å². The molecule has 1 N–H and O–H groups in total. The number of nitrogens with one attached hydrogen (secondary N) is 1. The molecule has 1 amide bonds. The maximum atomic E-state index is 12.2. The predicted molar refractivity (Wildman–Crippen MR) is 87.1 cm³/mol. The van der Waals surface area contributed by atoms with Gasteiger partial charge in [0.2, 0.25) is 0 Å². The molecule has 0 unspecified atom stereocenters. The second-order valence-corrected chi connectivity index (χ2v) is 6.04. The van der Waals surface area contributed by atoms with Crippen LogP contribution in [0.1, 0.15) is 10.5 Å². The highest BCUT2D eigenvalue weighted by atomic mass is 32.1. The fourth-order valence-corrected chi connectivity index (χ4v) is 3.06. The van der Waals surface area contributed by atoms with Crippen molar-refractivity contribution in [2.24, 2.45) is 0 Å². The summed E-state index contributed by atoms with van der Waals surface area (Å²) in [5.41, 5.74) is 1.31. The van der Waals surface area contributed by atoms with Crippen LogP contribution in [0.25, 0.3) is 10.6 Å². The first-order valence-corrected chi connectivity index (χ1v) is 8.30. The van der Waals surface area contributed by atoms with Gasteiger partial charge in [-0.1, -0.05) is 12.1 Å². The average molecular weight is 317 g/mol. The Morgan fingerprint density at radius 3 is 2.91 bits per heavy atom. The lowest BCUT2D eigenvalue weighted by Gasteiger charge is -2.26. The lowest BCUT2D eigenvalue weighted by molar-refractivity contribution is 0.0383. The minimum atomic E-state index is -0.119. The van der Waals surface area contributed by atoms with Crippen LogP contribution in [0.3, 0.4) is 0 Å². The number of carbonyl (C=O) groups is 1. The van der Waals surface area contributed by atoms with Gasteiger partial charge in [-0.15, -0.1) is 11.3 Å². The Hall–Kier alpha value is -1.76. The fourth-order valence-electron chi connectivity index (χ4n) is 2.37. The van der Waals surface area contributed by atoms with Crippen molar-refractivity contribution in [1.29, 1.82) is 0 Å². The summed E-state index contributed by atoms with van der Waals surface area (Å²) in [5.74, 6) is -0.119. The smallest absolute Gasteiger partial charge is 0.269 e. The molecule has 116 valence electrons. The number of hydrogen-bond donors (Lipinski definition) is 1. The Labute approximate surface area is 133 Å². The van der Waals surface area contributed by atoms with E-state index in [1.165, 1.54) is 0 Å². The van der Waals surface area contributed by atoms with Gasteiger partial charge in [-0.05, 0) is 23.6 Å². The van der Waals surface area contributed by atoms with E-state index in [-0.39, 0.29) is 5.91 Å². The van der Waals surface area contributed by atoms with E-state index in [2.05, 4.69) is 15.2 Å². The summed E-state index contributed by atoms with van der Waals surface area (Å²) >= 11 is 1.62. The molecule has 3 heterocycles. The molecule has 3 rings (SSSR count). The Morgan fingerprint density at radius 1 is 1.27 bits per heavy atom. The summed E-state index contributed by atoms with van der Waals surface area (Å²) in [6.07, 6.45) is 0. The van der Waals surface area contributed by atoms with Gasteiger partial charge in [0.05, 0.1) is 23.8 Å². The van der Waals surface area contributed by atoms with Crippen molar-refractivity contribution < 1.29 is 9.53 Å². The van der Waals surface area contributed by atoms with Crippen molar-refractivity contribution in [3.8, 4) is 10.6 Å². The van der Waals surface area contributed by atoms with Gasteiger partial charge in [-0.3, -0.25) is 9.69 Å². The number of hydrogen-bond acceptors (Lipinski definition) is 5. The number of morpholine rings is 1. The van der Waals surface area contributed by atoms with Crippen molar-refractivity contribution in [3.63, 3.8) is 0 Å². The first-order chi connectivity index (χ1) is 10.8. The van der Waals surface area contributed by atoms with Crippen LogP contribution in [0.15, 0.2) is 35.7 Å². The molecule has 0 aromatic carbocycles. The lowest BCUT2D eigenvalue weighted by atomic mass is 10.2. The van der Waals surface area contributed by atoms with Crippen LogP contribution in [-0.4, -0.2) is 55.2 Å². The SMILES string of the molecule is O=C(NCCN1CCOCC1)c1cccc(-c2cccs2)n1. The van der Waals surface area contributed by atoms with E-state index in [1.54, 1.807) is 17.4 Å². The highest BCUT2D eigenvalue weighted by Gasteiger charge is 2.12. The summed E-state index contributed by atoms with van der Waals surface area (Å²) in [7, 11) is 0. The standard InChI is InChI=1S/C16H19N3O2S/c20-16(17-6-7-19-8-10-21-11-9-19)14-4-1-3-13(18-14)15-5-2-12-22-15/h1-5,12H,6-11H2,(H,17,20). The molecule has 1 aliphatic rings. The molecule has 1 saturated heterocycles. The third-order valence-electron chi connectivity index (χ3n) is 3.57. The van der Waals surface area contributed by atoms with Gasteiger partial charge in [0.25, 0.3) is 5.91 Å². The number of pyridine rings is 1. The molecule has 1 fully saturated rings. The largest absolute Gasteiger partial charge is 0.379 e. The second kappa shape index (κ2) is 7.49. The highest BCUT2D eigenvalue weighted by Crippen LogP contribution is 2.22. The minimum absolute atomic E-state index is 0.119. The molecule has 1 aliphatic heterocycles. The Bertz CT molecular complexity index is 610. The topological polar surface area (TPSA) is 54.5 Å². The maximum Gasteiger partial charge on any atom is 0.269 e. The third kappa shape index (κ3) is 3.91. The molecular weight excluding hydrogens is 298 g/mol. The molecule has 5 nitrogen and oxygen atoms in total. The summed E-state index contributed by atoms with van der Waals surface area (Å²) in [6, 6.07) is 9.54. The van der Waals surface area contributed by atoms with Gasteiger partial charge in [0, 0.05) is 26.2 Å². The second-order valence-electron chi connectivity index (χ2n) is 5.10. The normalized spacial score (nSPS) is 15.6. The van der Waals surface area contributed by atoms with Crippen LogP contribution in [0, 0.1) is 0 Å². The van der Waals surface area contributed by atoms with Gasteiger partial charge >= 0.3 is 0 Å². The fraction of sp³-hybridized carbons (Fsp3) is 0.375. The molecule has 6 heteroatoms. The first kappa shape index (κ1) is 15.1. The molecule has 22 heavy (non-hydrogen) atoms. The van der Waals surface area contributed by atoms with Gasteiger partial charge < -0.3 is 10.1 Å². The first-order valence-electron chi connectivity index (χ1n) is 7.42. The van der Waals surface area contributed by atoms with E-state index in [9.17, 15) is 4.79 Å². The summed E-state index contributed by atoms with van der Waals surface area (Å²) in [4.78, 5) is 20.0. The quantitative estimate of drug-likeness (QED) is 0.915. The monoisotopic (exact) mass is 317 g/mol. The Balaban J connectivity index is 1.54. The molecule has 0 bridgehead atoms. The molecule has 0 spiro atoms. The van der Waals surface area contributed by atoms with Crippen molar-refractivity contribution in [2.45, 2.75) is 0 Å². The van der Waals surface area contributed by atoms with E-state index in [4.69, 9.17) is 4.74 Å². The molecule has 2 aromatic heterocycles. The third-order valence-corrected chi connectivity index (χ3v) is 4.47. The zero-order valence-corrected chi connectivity index (χ0v) is 13.1. The van der Waals surface area contributed by atoms with Crippen LogP contribution < -0.4 is 5.32 Å². The zero-order chi connectivity index (χ0) is 15.2. The van der Waals surface area contributed by atoms with Crippen LogP contribution in [-0.2, 0) is 4.74 Å². The van der Waals surface area contributed by atoms with E-state index >= 15 is 0 Å². The van der Waals surface area contributed by atoms with Crippen LogP contribution in [0.5, 0.6) is 0 Å². The van der Waals surface area contributed by atoms with Crippen molar-refractivity contribution in [2.75, 3.05) is 39.4 Å². The summed E-state index contributed by atoms with van der Waals surface area (Å²) in [5, 5.41) is 4.94. The minimum Gasteiger partial charge on any atom is -0.379 e. The zero-order valence-electron chi connectivity index (χ0n) is 12.3. The lowest BCUT2D eigenvalue weighted by Crippen LogP contribution is -2.41. The molecule has 0 saturated carbocycles. The Morgan fingerprint density at radius 2 is 2.14 bits per heavy atom. The predicted octanol–water partition coefficient (Wildman–Crippen LogP) is 1.87. The van der Waals surface area contributed by atoms with Crippen LogP contribution >= 0.6 is 11.3 Å². The van der Waals surface area contributed by atoms with E-state index in [0.29, 0.717) is 12.2 Å². The van der Waals surface area contributed by atoms with Crippen molar-refractivity contribution in [1.82, 2.24) is 15.2 Å². The highest BCUT2D eigenvalue weighted by molar-refractivity contribution is 7.13. The van der Waals surface area contributed by atoms with Gasteiger partial charge in [0.15, 0.2) is 0 Å². The van der Waals surface area contributed by atoms with Gasteiger partial charge in [-0.25, -0.2) is 4.98 Å². The average Bonchev–Trinajstić information content (AvgIpc) is 3.10. The van der Waals surface area contributed by atoms with E-state index in [0.717, 1.165) is 43.4 Å². The number of aromatic nitrogens is 1. The number of thiophene rings is 1. The number of carbonyl (C=O) groups excluding carboxylic acids is 1. The van der Waals surface area contributed by atoms with E-state index in [1.807, 2.05) is 29.6 Å². The van der Waals surface area contributed by atoms with E-state index < -0.39 is 0 Å². The van der Waals surface area contributed by atoms with Gasteiger partial charge in [-0.2, -0.15) is 0 Å². The number of rotatable bonds is 5. The molecular formula is C16H19N3O2S. The molecule has 0 atom stereocenters. The summed E-state index contributed by atoms with van der Waals surface area (Å²) < 4.78 is 5.31. The maximum absolute atomic E-state index is 12.2.